The lowest BCUT2D eigenvalue weighted by Crippen LogP contribution is -2.23. The molecule has 30 heavy (non-hydrogen) atoms. The summed E-state index contributed by atoms with van der Waals surface area (Å²) in [6.45, 7) is 1.90. The number of hydrogen-bond donors (Lipinski definition) is 1. The zero-order valence-corrected chi connectivity index (χ0v) is 18.4. The molecule has 0 bridgehead atoms. The maximum Gasteiger partial charge on any atom is 0.225 e. The molecule has 6 nitrogen and oxygen atoms in total. The van der Waals surface area contributed by atoms with Crippen molar-refractivity contribution in [2.45, 2.75) is 29.1 Å². The van der Waals surface area contributed by atoms with Crippen molar-refractivity contribution >= 4 is 32.8 Å². The largest absolute Gasteiger partial charge is 0.497 e. The number of nitrogens with one attached hydrogen (secondary N) is 1. The van der Waals surface area contributed by atoms with Gasteiger partial charge in [-0.05, 0) is 25.1 Å². The van der Waals surface area contributed by atoms with Gasteiger partial charge in [-0.25, -0.2) is 8.42 Å². The average molecular weight is 444 g/mol. The number of rotatable bonds is 5. The van der Waals surface area contributed by atoms with Crippen molar-refractivity contribution in [1.82, 2.24) is 0 Å². The Labute approximate surface area is 179 Å². The second-order valence-electron chi connectivity index (χ2n) is 7.07. The Morgan fingerprint density at radius 2 is 1.80 bits per heavy atom. The molecule has 1 aromatic heterocycles. The number of anilines is 1. The summed E-state index contributed by atoms with van der Waals surface area (Å²) in [6.07, 6.45) is 0.209. The van der Waals surface area contributed by atoms with Gasteiger partial charge in [0.1, 0.15) is 16.4 Å². The number of aryl methyl sites for hydroxylation is 1. The molecule has 4 rings (SSSR count). The van der Waals surface area contributed by atoms with Gasteiger partial charge in [0.15, 0.2) is 0 Å². The van der Waals surface area contributed by atoms with Crippen LogP contribution in [0.25, 0.3) is 0 Å². The summed E-state index contributed by atoms with van der Waals surface area (Å²) in [4.78, 5) is 13.6. The molecule has 3 aromatic rings. The van der Waals surface area contributed by atoms with E-state index in [1.54, 1.807) is 49.9 Å². The number of fused-ring (bicyclic) bond motifs is 1. The number of sulfone groups is 1. The summed E-state index contributed by atoms with van der Waals surface area (Å²) < 4.78 is 37.3. The number of benzene rings is 2. The number of carbonyl (C=O) groups excluding carboxylic acids is 1. The Morgan fingerprint density at radius 1 is 1.07 bits per heavy atom. The van der Waals surface area contributed by atoms with E-state index in [0.29, 0.717) is 17.2 Å². The summed E-state index contributed by atoms with van der Waals surface area (Å²) in [5, 5.41) is 4.39. The molecule has 0 unspecified atom stereocenters. The standard InChI is InChI=1S/C22H21NO5S2/c1-13-4-7-15(8-5-13)30(25,26)19-12-29-22-17(11-20(24)23-21(19)22)16-9-6-14(27-2)10-18(16)28-3/h4-10,12,17H,11H2,1-3H3,(H,23,24)/t17-/m0/s1. The molecule has 1 aliphatic heterocycles. The molecule has 0 aliphatic carbocycles. The van der Waals surface area contributed by atoms with E-state index in [1.807, 2.05) is 19.1 Å². The minimum atomic E-state index is -3.76. The van der Waals surface area contributed by atoms with Crippen molar-refractivity contribution in [1.29, 1.82) is 0 Å². The van der Waals surface area contributed by atoms with E-state index in [2.05, 4.69) is 5.32 Å². The van der Waals surface area contributed by atoms with Crippen LogP contribution in [0.3, 0.4) is 0 Å². The molecule has 8 heteroatoms. The van der Waals surface area contributed by atoms with Gasteiger partial charge in [0, 0.05) is 34.2 Å². The van der Waals surface area contributed by atoms with Crippen LogP contribution >= 0.6 is 11.3 Å². The average Bonchev–Trinajstić information content (AvgIpc) is 3.17. The summed E-state index contributed by atoms with van der Waals surface area (Å²) in [5.74, 6) is 0.701. The van der Waals surface area contributed by atoms with Gasteiger partial charge in [0.05, 0.1) is 24.8 Å². The first kappa shape index (κ1) is 20.4. The summed E-state index contributed by atoms with van der Waals surface area (Å²) in [7, 11) is -0.634. The van der Waals surface area contributed by atoms with E-state index in [4.69, 9.17) is 9.47 Å². The van der Waals surface area contributed by atoms with Gasteiger partial charge in [-0.2, -0.15) is 0 Å². The lowest BCUT2D eigenvalue weighted by molar-refractivity contribution is -0.116. The third-order valence-corrected chi connectivity index (χ3v) is 8.23. The molecule has 0 spiro atoms. The SMILES string of the molecule is COc1ccc([C@@H]2CC(=O)Nc3c(S(=O)(=O)c4ccc(C)cc4)csc32)c(OC)c1. The Balaban J connectivity index is 1.83. The molecule has 1 atom stereocenters. The molecule has 1 amide bonds. The van der Waals surface area contributed by atoms with Crippen molar-refractivity contribution in [3.05, 3.63) is 63.8 Å². The fourth-order valence-electron chi connectivity index (χ4n) is 3.60. The van der Waals surface area contributed by atoms with Gasteiger partial charge >= 0.3 is 0 Å². The molecule has 2 heterocycles. The summed E-state index contributed by atoms with van der Waals surface area (Å²) in [6, 6.07) is 12.1. The monoisotopic (exact) mass is 443 g/mol. The van der Waals surface area contributed by atoms with E-state index >= 15 is 0 Å². The maximum absolute atomic E-state index is 13.2. The highest BCUT2D eigenvalue weighted by atomic mass is 32.2. The molecule has 0 saturated carbocycles. The van der Waals surface area contributed by atoms with E-state index in [-0.39, 0.29) is 28.0 Å². The molecule has 0 fully saturated rings. The van der Waals surface area contributed by atoms with Crippen LogP contribution in [0.5, 0.6) is 11.5 Å². The first-order valence-electron chi connectivity index (χ1n) is 9.30. The maximum atomic E-state index is 13.2. The summed E-state index contributed by atoms with van der Waals surface area (Å²) >= 11 is 1.33. The Morgan fingerprint density at radius 3 is 2.47 bits per heavy atom. The minimum Gasteiger partial charge on any atom is -0.497 e. The first-order chi connectivity index (χ1) is 14.3. The fourth-order valence-corrected chi connectivity index (χ4v) is 6.50. The quantitative estimate of drug-likeness (QED) is 0.633. The highest BCUT2D eigenvalue weighted by molar-refractivity contribution is 7.91. The molecular weight excluding hydrogens is 422 g/mol. The van der Waals surface area contributed by atoms with Crippen molar-refractivity contribution in [3.8, 4) is 11.5 Å². The van der Waals surface area contributed by atoms with Crippen molar-refractivity contribution < 1.29 is 22.7 Å². The topological polar surface area (TPSA) is 81.7 Å². The van der Waals surface area contributed by atoms with E-state index in [0.717, 1.165) is 16.0 Å². The van der Waals surface area contributed by atoms with Gasteiger partial charge in [-0.3, -0.25) is 4.79 Å². The molecule has 2 aromatic carbocycles. The normalized spacial score (nSPS) is 16.0. The van der Waals surface area contributed by atoms with Crippen LogP contribution in [0.4, 0.5) is 5.69 Å². The summed E-state index contributed by atoms with van der Waals surface area (Å²) in [5.41, 5.74) is 2.15. The van der Waals surface area contributed by atoms with Crippen LogP contribution < -0.4 is 14.8 Å². The number of methoxy groups -OCH3 is 2. The van der Waals surface area contributed by atoms with Gasteiger partial charge in [0.25, 0.3) is 0 Å². The zero-order valence-electron chi connectivity index (χ0n) is 16.8. The van der Waals surface area contributed by atoms with Crippen LogP contribution in [0.15, 0.2) is 57.6 Å². The number of amides is 1. The Bertz CT molecular complexity index is 1210. The van der Waals surface area contributed by atoms with Crippen molar-refractivity contribution in [2.75, 3.05) is 19.5 Å². The smallest absolute Gasteiger partial charge is 0.225 e. The number of carbonyl (C=O) groups is 1. The van der Waals surface area contributed by atoms with E-state index in [1.165, 1.54) is 11.3 Å². The second-order valence-corrected chi connectivity index (χ2v) is 9.90. The van der Waals surface area contributed by atoms with Gasteiger partial charge in [-0.1, -0.05) is 23.8 Å². The molecule has 0 radical (unpaired) electrons. The zero-order chi connectivity index (χ0) is 21.5. The molecular formula is C22H21NO5S2. The molecule has 156 valence electrons. The fraction of sp³-hybridized carbons (Fsp3) is 0.227. The van der Waals surface area contributed by atoms with E-state index < -0.39 is 9.84 Å². The van der Waals surface area contributed by atoms with Crippen LogP contribution in [-0.2, 0) is 14.6 Å². The lowest BCUT2D eigenvalue weighted by atomic mass is 9.90. The van der Waals surface area contributed by atoms with Gasteiger partial charge < -0.3 is 14.8 Å². The highest BCUT2D eigenvalue weighted by Crippen LogP contribution is 2.48. The minimum absolute atomic E-state index is 0.122. The molecule has 1 aliphatic rings. The highest BCUT2D eigenvalue weighted by Gasteiger charge is 2.35. The third-order valence-electron chi connectivity index (χ3n) is 5.19. The number of thiophene rings is 1. The first-order valence-corrected chi connectivity index (χ1v) is 11.7. The Kier molecular flexibility index (Phi) is 5.29. The van der Waals surface area contributed by atoms with Crippen LogP contribution in [0.1, 0.15) is 28.3 Å². The number of ether oxygens (including phenoxy) is 2. The van der Waals surface area contributed by atoms with Gasteiger partial charge in [-0.15, -0.1) is 11.3 Å². The Hall–Kier alpha value is -2.84. The predicted octanol–water partition coefficient (Wildman–Crippen LogP) is 4.38. The lowest BCUT2D eigenvalue weighted by Gasteiger charge is -2.25. The molecule has 1 N–H and O–H groups in total. The van der Waals surface area contributed by atoms with Gasteiger partial charge in [0.2, 0.25) is 15.7 Å². The van der Waals surface area contributed by atoms with E-state index in [9.17, 15) is 13.2 Å². The molecule has 0 saturated heterocycles. The number of hydrogen-bond acceptors (Lipinski definition) is 6. The van der Waals surface area contributed by atoms with Crippen LogP contribution in [0, 0.1) is 6.92 Å². The second kappa shape index (κ2) is 7.77. The van der Waals surface area contributed by atoms with Crippen molar-refractivity contribution in [3.63, 3.8) is 0 Å². The van der Waals surface area contributed by atoms with Crippen LogP contribution in [0.2, 0.25) is 0 Å². The third kappa shape index (κ3) is 3.46. The predicted molar refractivity (Wildman–Crippen MR) is 116 cm³/mol. The van der Waals surface area contributed by atoms with Crippen LogP contribution in [-0.4, -0.2) is 28.5 Å². The van der Waals surface area contributed by atoms with Crippen molar-refractivity contribution in [2.24, 2.45) is 0 Å².